The lowest BCUT2D eigenvalue weighted by atomic mass is 10.2. The molecule has 0 heterocycles. The Morgan fingerprint density at radius 3 is 2.52 bits per heavy atom. The maximum Gasteiger partial charge on any atom is 0.214 e. The summed E-state index contributed by atoms with van der Waals surface area (Å²) in [6.45, 7) is 4.39. The van der Waals surface area contributed by atoms with Crippen LogP contribution in [0.5, 0.6) is 5.75 Å². The fourth-order valence-corrected chi connectivity index (χ4v) is 3.15. The summed E-state index contributed by atoms with van der Waals surface area (Å²) in [5.74, 6) is 1.37. The summed E-state index contributed by atoms with van der Waals surface area (Å²) >= 11 is 5.56. The Morgan fingerprint density at radius 2 is 1.95 bits per heavy atom. The van der Waals surface area contributed by atoms with Crippen molar-refractivity contribution in [2.75, 3.05) is 25.3 Å². The second-order valence-corrected chi connectivity index (χ2v) is 7.29. The highest BCUT2D eigenvalue weighted by molar-refractivity contribution is 7.89. The second-order valence-electron chi connectivity index (χ2n) is 4.71. The molecular weight excluding hydrogens is 310 g/mol. The molecule has 21 heavy (non-hydrogen) atoms. The van der Waals surface area contributed by atoms with Crippen LogP contribution in [0.15, 0.2) is 36.9 Å². The molecule has 0 radical (unpaired) electrons. The van der Waals surface area contributed by atoms with Crippen LogP contribution in [0, 0.1) is 0 Å². The number of benzene rings is 1. The molecule has 0 fully saturated rings. The van der Waals surface area contributed by atoms with Crippen LogP contribution in [0.3, 0.4) is 0 Å². The van der Waals surface area contributed by atoms with Gasteiger partial charge in [-0.25, -0.2) is 12.7 Å². The largest absolute Gasteiger partial charge is 0.490 e. The summed E-state index contributed by atoms with van der Waals surface area (Å²) in [5.41, 5.74) is 0.921. The molecule has 0 N–H and O–H groups in total. The molecule has 0 saturated carbocycles. The summed E-state index contributed by atoms with van der Waals surface area (Å²) in [6, 6.07) is 7.38. The lowest BCUT2D eigenvalue weighted by Gasteiger charge is -2.17. The third kappa shape index (κ3) is 6.50. The van der Waals surface area contributed by atoms with E-state index in [0.29, 0.717) is 31.9 Å². The van der Waals surface area contributed by atoms with Gasteiger partial charge in [-0.1, -0.05) is 24.8 Å². The minimum absolute atomic E-state index is 0.136. The minimum atomic E-state index is -3.22. The van der Waals surface area contributed by atoms with E-state index >= 15 is 0 Å². The van der Waals surface area contributed by atoms with Crippen LogP contribution in [0.1, 0.15) is 18.4 Å². The summed E-state index contributed by atoms with van der Waals surface area (Å²) in [4.78, 5) is 0. The first-order chi connectivity index (χ1) is 9.99. The zero-order valence-electron chi connectivity index (χ0n) is 12.3. The molecular formula is C15H22ClNO3S. The van der Waals surface area contributed by atoms with Crippen LogP contribution in [0.2, 0.25) is 0 Å². The van der Waals surface area contributed by atoms with Crippen molar-refractivity contribution in [3.63, 3.8) is 0 Å². The van der Waals surface area contributed by atoms with E-state index in [0.717, 1.165) is 11.3 Å². The molecule has 6 heteroatoms. The summed E-state index contributed by atoms with van der Waals surface area (Å²) in [6.07, 6.45) is 2.98. The van der Waals surface area contributed by atoms with Gasteiger partial charge in [0, 0.05) is 19.5 Å². The zero-order valence-corrected chi connectivity index (χ0v) is 13.9. The van der Waals surface area contributed by atoms with Gasteiger partial charge >= 0.3 is 0 Å². The number of rotatable bonds is 10. The topological polar surface area (TPSA) is 46.6 Å². The number of unbranched alkanes of at least 4 members (excludes halogenated alkanes) is 1. The molecule has 0 spiro atoms. The standard InChI is InChI=1S/C15H22ClNO3S/c1-3-11-20-15-8-6-14(7-9-15)13-17(2)21(18,19)12-5-4-10-16/h3,6-9H,1,4-5,10-13H2,2H3. The van der Waals surface area contributed by atoms with E-state index in [-0.39, 0.29) is 5.75 Å². The first-order valence-corrected chi connectivity index (χ1v) is 8.96. The van der Waals surface area contributed by atoms with E-state index in [1.54, 1.807) is 13.1 Å². The molecule has 0 unspecified atom stereocenters. The molecule has 1 aromatic rings. The number of hydrogen-bond donors (Lipinski definition) is 0. The van der Waals surface area contributed by atoms with Gasteiger partial charge in [-0.05, 0) is 30.5 Å². The molecule has 4 nitrogen and oxygen atoms in total. The van der Waals surface area contributed by atoms with Crippen molar-refractivity contribution >= 4 is 21.6 Å². The third-order valence-corrected chi connectivity index (χ3v) is 5.11. The van der Waals surface area contributed by atoms with Gasteiger partial charge in [-0.3, -0.25) is 0 Å². The normalized spacial score (nSPS) is 11.6. The highest BCUT2D eigenvalue weighted by Gasteiger charge is 2.17. The van der Waals surface area contributed by atoms with Crippen LogP contribution >= 0.6 is 11.6 Å². The zero-order chi connectivity index (χ0) is 15.7. The number of ether oxygens (including phenoxy) is 1. The van der Waals surface area contributed by atoms with Gasteiger partial charge < -0.3 is 4.74 Å². The molecule has 0 aliphatic heterocycles. The summed E-state index contributed by atoms with van der Waals surface area (Å²) < 4.78 is 30.9. The molecule has 0 saturated heterocycles. The van der Waals surface area contributed by atoms with Crippen LogP contribution in [-0.4, -0.2) is 38.0 Å². The van der Waals surface area contributed by atoms with Gasteiger partial charge in [-0.2, -0.15) is 0 Å². The smallest absolute Gasteiger partial charge is 0.214 e. The van der Waals surface area contributed by atoms with Crippen LogP contribution in [0.25, 0.3) is 0 Å². The number of alkyl halides is 1. The van der Waals surface area contributed by atoms with Gasteiger partial charge in [-0.15, -0.1) is 11.6 Å². The van der Waals surface area contributed by atoms with Crippen molar-refractivity contribution in [2.24, 2.45) is 0 Å². The minimum Gasteiger partial charge on any atom is -0.490 e. The van der Waals surface area contributed by atoms with Gasteiger partial charge in [0.15, 0.2) is 0 Å². The molecule has 0 aliphatic rings. The molecule has 1 aromatic carbocycles. The Morgan fingerprint density at radius 1 is 1.29 bits per heavy atom. The van der Waals surface area contributed by atoms with E-state index in [4.69, 9.17) is 16.3 Å². The fourth-order valence-electron chi connectivity index (χ4n) is 1.74. The van der Waals surface area contributed by atoms with Crippen LogP contribution in [0.4, 0.5) is 0 Å². The predicted octanol–water partition coefficient (Wildman–Crippen LogP) is 3.03. The molecule has 0 aliphatic carbocycles. The molecule has 0 amide bonds. The molecule has 1 rings (SSSR count). The number of halogens is 1. The molecule has 0 aromatic heterocycles. The van der Waals surface area contributed by atoms with E-state index in [2.05, 4.69) is 6.58 Å². The highest BCUT2D eigenvalue weighted by atomic mass is 35.5. The van der Waals surface area contributed by atoms with Crippen molar-refractivity contribution in [2.45, 2.75) is 19.4 Å². The van der Waals surface area contributed by atoms with Crippen LogP contribution in [-0.2, 0) is 16.6 Å². The molecule has 118 valence electrons. The fraction of sp³-hybridized carbons (Fsp3) is 0.467. The van der Waals surface area contributed by atoms with Crippen LogP contribution < -0.4 is 4.74 Å². The Kier molecular flexibility index (Phi) is 7.78. The lowest BCUT2D eigenvalue weighted by Crippen LogP contribution is -2.28. The Balaban J connectivity index is 2.57. The third-order valence-electron chi connectivity index (χ3n) is 2.96. The lowest BCUT2D eigenvalue weighted by molar-refractivity contribution is 0.363. The number of hydrogen-bond acceptors (Lipinski definition) is 3. The summed E-state index contributed by atoms with van der Waals surface area (Å²) in [5, 5.41) is 0. The molecule has 0 bridgehead atoms. The number of sulfonamides is 1. The SMILES string of the molecule is C=CCOc1ccc(CN(C)S(=O)(=O)CCCCCl)cc1. The van der Waals surface area contributed by atoms with Crippen molar-refractivity contribution < 1.29 is 13.2 Å². The van der Waals surface area contributed by atoms with Crippen molar-refractivity contribution in [3.05, 3.63) is 42.5 Å². The molecule has 0 atom stereocenters. The summed E-state index contributed by atoms with van der Waals surface area (Å²) in [7, 11) is -1.63. The average Bonchev–Trinajstić information content (AvgIpc) is 2.46. The van der Waals surface area contributed by atoms with Crippen molar-refractivity contribution in [1.82, 2.24) is 4.31 Å². The number of nitrogens with zero attached hydrogens (tertiary/aromatic N) is 1. The van der Waals surface area contributed by atoms with Gasteiger partial charge in [0.2, 0.25) is 10.0 Å². The Bertz CT molecular complexity index is 528. The first kappa shape index (κ1) is 18.0. The van der Waals surface area contributed by atoms with E-state index < -0.39 is 10.0 Å². The van der Waals surface area contributed by atoms with E-state index in [1.807, 2.05) is 24.3 Å². The average molecular weight is 332 g/mol. The maximum absolute atomic E-state index is 12.1. The van der Waals surface area contributed by atoms with Gasteiger partial charge in [0.25, 0.3) is 0 Å². The highest BCUT2D eigenvalue weighted by Crippen LogP contribution is 2.15. The maximum atomic E-state index is 12.1. The monoisotopic (exact) mass is 331 g/mol. The van der Waals surface area contributed by atoms with E-state index in [1.165, 1.54) is 4.31 Å². The predicted molar refractivity (Wildman–Crippen MR) is 87.3 cm³/mol. The van der Waals surface area contributed by atoms with Crippen molar-refractivity contribution in [3.8, 4) is 5.75 Å². The quantitative estimate of drug-likeness (QED) is 0.376. The van der Waals surface area contributed by atoms with Gasteiger partial charge in [0.1, 0.15) is 12.4 Å². The van der Waals surface area contributed by atoms with Crippen molar-refractivity contribution in [1.29, 1.82) is 0 Å². The second kappa shape index (κ2) is 9.07. The van der Waals surface area contributed by atoms with E-state index in [9.17, 15) is 8.42 Å². The Hall–Kier alpha value is -1.04. The Labute approximate surface area is 132 Å². The first-order valence-electron chi connectivity index (χ1n) is 6.82. The van der Waals surface area contributed by atoms with Gasteiger partial charge in [0.05, 0.1) is 5.75 Å².